The number of fused-ring (bicyclic) bond motifs is 3. The van der Waals surface area contributed by atoms with Gasteiger partial charge < -0.3 is 9.38 Å². The monoisotopic (exact) mass is 350 g/mol. The largest absolute Gasteiger partial charge is 0.338 e. The SMILES string of the molecule is c1ccn2nc(-c3ccc4nc(-c5ccn6ccnc6c5)[nH]c4c3)cc2c1. The van der Waals surface area contributed by atoms with E-state index in [4.69, 9.17) is 4.98 Å². The first kappa shape index (κ1) is 14.3. The molecule has 128 valence electrons. The number of nitrogens with zero attached hydrogens (tertiary/aromatic N) is 5. The van der Waals surface area contributed by atoms with Gasteiger partial charge in [0.2, 0.25) is 0 Å². The molecule has 6 nitrogen and oxygen atoms in total. The Balaban J connectivity index is 1.46. The van der Waals surface area contributed by atoms with Gasteiger partial charge >= 0.3 is 0 Å². The van der Waals surface area contributed by atoms with Crippen LogP contribution in [0.4, 0.5) is 0 Å². The average Bonchev–Trinajstić information content (AvgIpc) is 3.42. The fourth-order valence-electron chi connectivity index (χ4n) is 3.44. The maximum atomic E-state index is 4.73. The first-order valence-corrected chi connectivity index (χ1v) is 8.71. The molecule has 0 aliphatic heterocycles. The third-order valence-corrected chi connectivity index (χ3v) is 4.82. The predicted molar refractivity (Wildman–Crippen MR) is 104 cm³/mol. The standard InChI is InChI=1S/C21H14N6/c1-2-8-27-16(3-1)13-18(25-27)14-4-5-17-19(11-14)24-21(23-17)15-6-9-26-10-7-22-20(26)12-15/h1-13H,(H,23,24). The molecular weight excluding hydrogens is 336 g/mol. The number of nitrogens with one attached hydrogen (secondary N) is 1. The van der Waals surface area contributed by atoms with Gasteiger partial charge in [-0.25, -0.2) is 14.5 Å². The van der Waals surface area contributed by atoms with Crippen molar-refractivity contribution in [1.82, 2.24) is 29.0 Å². The van der Waals surface area contributed by atoms with Crippen LogP contribution in [0.3, 0.4) is 0 Å². The fraction of sp³-hybridized carbons (Fsp3) is 0. The highest BCUT2D eigenvalue weighted by Gasteiger charge is 2.10. The van der Waals surface area contributed by atoms with Crippen molar-refractivity contribution in [3.8, 4) is 22.6 Å². The summed E-state index contributed by atoms with van der Waals surface area (Å²) in [6.07, 6.45) is 7.67. The van der Waals surface area contributed by atoms with Gasteiger partial charge in [0.05, 0.1) is 22.2 Å². The van der Waals surface area contributed by atoms with Crippen molar-refractivity contribution >= 4 is 22.2 Å². The fourth-order valence-corrected chi connectivity index (χ4v) is 3.44. The lowest BCUT2D eigenvalue weighted by Gasteiger charge is -1.98. The van der Waals surface area contributed by atoms with Crippen molar-refractivity contribution < 1.29 is 0 Å². The number of pyridine rings is 2. The molecule has 5 heterocycles. The molecule has 6 heteroatoms. The van der Waals surface area contributed by atoms with Gasteiger partial charge in [-0.1, -0.05) is 12.1 Å². The van der Waals surface area contributed by atoms with E-state index in [0.717, 1.165) is 44.8 Å². The number of hydrogen-bond donors (Lipinski definition) is 1. The van der Waals surface area contributed by atoms with Gasteiger partial charge in [-0.3, -0.25) is 0 Å². The van der Waals surface area contributed by atoms with Crippen LogP contribution in [0.2, 0.25) is 0 Å². The molecule has 0 fully saturated rings. The van der Waals surface area contributed by atoms with Crippen LogP contribution < -0.4 is 0 Å². The third kappa shape index (κ3) is 2.23. The number of hydrogen-bond acceptors (Lipinski definition) is 3. The van der Waals surface area contributed by atoms with Crippen molar-refractivity contribution in [2.45, 2.75) is 0 Å². The predicted octanol–water partition coefficient (Wildman–Crippen LogP) is 4.19. The van der Waals surface area contributed by atoms with Gasteiger partial charge in [0, 0.05) is 35.9 Å². The Morgan fingerprint density at radius 1 is 0.852 bits per heavy atom. The second-order valence-electron chi connectivity index (χ2n) is 6.53. The zero-order valence-electron chi connectivity index (χ0n) is 14.2. The minimum absolute atomic E-state index is 0.836. The number of benzene rings is 1. The van der Waals surface area contributed by atoms with Gasteiger partial charge in [0.25, 0.3) is 0 Å². The Kier molecular flexibility index (Phi) is 2.79. The van der Waals surface area contributed by atoms with Crippen molar-refractivity contribution in [3.05, 3.63) is 79.4 Å². The smallest absolute Gasteiger partial charge is 0.138 e. The first-order chi connectivity index (χ1) is 13.3. The van der Waals surface area contributed by atoms with Crippen LogP contribution in [0.5, 0.6) is 0 Å². The van der Waals surface area contributed by atoms with Crippen molar-refractivity contribution in [2.24, 2.45) is 0 Å². The lowest BCUT2D eigenvalue weighted by atomic mass is 10.1. The number of rotatable bonds is 2. The van der Waals surface area contributed by atoms with E-state index in [0.29, 0.717) is 0 Å². The number of aromatic amines is 1. The van der Waals surface area contributed by atoms with E-state index in [2.05, 4.69) is 39.3 Å². The molecule has 0 saturated heterocycles. The van der Waals surface area contributed by atoms with E-state index in [1.165, 1.54) is 0 Å². The molecule has 0 radical (unpaired) electrons. The van der Waals surface area contributed by atoms with Crippen LogP contribution in [0.15, 0.2) is 79.4 Å². The van der Waals surface area contributed by atoms with E-state index in [-0.39, 0.29) is 0 Å². The Labute approximate surface area is 153 Å². The highest BCUT2D eigenvalue weighted by atomic mass is 15.2. The molecular formula is C21H14N6. The summed E-state index contributed by atoms with van der Waals surface area (Å²) in [5, 5.41) is 4.65. The van der Waals surface area contributed by atoms with Gasteiger partial charge in [0.15, 0.2) is 0 Å². The topological polar surface area (TPSA) is 63.3 Å². The normalized spacial score (nSPS) is 11.7. The lowest BCUT2D eigenvalue weighted by molar-refractivity contribution is 0.966. The number of H-pyrrole nitrogens is 1. The Hall–Kier alpha value is -3.93. The van der Waals surface area contributed by atoms with E-state index in [9.17, 15) is 0 Å². The maximum absolute atomic E-state index is 4.73. The lowest BCUT2D eigenvalue weighted by Crippen LogP contribution is -1.85. The molecule has 1 N–H and O–H groups in total. The summed E-state index contributed by atoms with van der Waals surface area (Å²) in [6.45, 7) is 0. The highest BCUT2D eigenvalue weighted by molar-refractivity contribution is 5.84. The van der Waals surface area contributed by atoms with E-state index in [1.54, 1.807) is 6.20 Å². The van der Waals surface area contributed by atoms with Crippen molar-refractivity contribution in [3.63, 3.8) is 0 Å². The second-order valence-corrected chi connectivity index (χ2v) is 6.53. The quantitative estimate of drug-likeness (QED) is 0.509. The minimum Gasteiger partial charge on any atom is -0.338 e. The van der Waals surface area contributed by atoms with E-state index in [1.807, 2.05) is 57.8 Å². The summed E-state index contributed by atoms with van der Waals surface area (Å²) in [6, 6.07) is 18.4. The zero-order chi connectivity index (χ0) is 17.8. The maximum Gasteiger partial charge on any atom is 0.138 e. The second kappa shape index (κ2) is 5.28. The van der Waals surface area contributed by atoms with Gasteiger partial charge in [0.1, 0.15) is 11.5 Å². The van der Waals surface area contributed by atoms with Gasteiger partial charge in [-0.15, -0.1) is 0 Å². The molecule has 5 aromatic heterocycles. The van der Waals surface area contributed by atoms with Gasteiger partial charge in [-0.05, 0) is 42.5 Å². The average molecular weight is 350 g/mol. The van der Waals surface area contributed by atoms with Crippen LogP contribution in [-0.2, 0) is 0 Å². The number of imidazole rings is 2. The third-order valence-electron chi connectivity index (χ3n) is 4.82. The summed E-state index contributed by atoms with van der Waals surface area (Å²) < 4.78 is 3.87. The number of aromatic nitrogens is 6. The molecule has 6 rings (SSSR count). The minimum atomic E-state index is 0.836. The molecule has 0 amide bonds. The summed E-state index contributed by atoms with van der Waals surface area (Å²) in [7, 11) is 0. The van der Waals surface area contributed by atoms with Crippen LogP contribution in [0.25, 0.3) is 44.8 Å². The van der Waals surface area contributed by atoms with E-state index < -0.39 is 0 Å². The summed E-state index contributed by atoms with van der Waals surface area (Å²) in [5.41, 5.74) is 6.91. The molecule has 0 aliphatic rings. The summed E-state index contributed by atoms with van der Waals surface area (Å²) >= 11 is 0. The molecule has 0 unspecified atom stereocenters. The molecule has 0 spiro atoms. The van der Waals surface area contributed by atoms with Crippen LogP contribution in [0, 0.1) is 0 Å². The zero-order valence-corrected chi connectivity index (χ0v) is 14.2. The molecule has 6 aromatic rings. The molecule has 0 aliphatic carbocycles. The molecule has 27 heavy (non-hydrogen) atoms. The van der Waals surface area contributed by atoms with Crippen LogP contribution >= 0.6 is 0 Å². The first-order valence-electron chi connectivity index (χ1n) is 8.71. The Morgan fingerprint density at radius 3 is 2.81 bits per heavy atom. The van der Waals surface area contributed by atoms with Crippen molar-refractivity contribution in [1.29, 1.82) is 0 Å². The highest BCUT2D eigenvalue weighted by Crippen LogP contribution is 2.26. The molecule has 0 bridgehead atoms. The molecule has 1 aromatic carbocycles. The molecule has 0 atom stereocenters. The molecule has 0 saturated carbocycles. The van der Waals surface area contributed by atoms with Crippen molar-refractivity contribution in [2.75, 3.05) is 0 Å². The summed E-state index contributed by atoms with van der Waals surface area (Å²) in [4.78, 5) is 12.5. The summed E-state index contributed by atoms with van der Waals surface area (Å²) in [5.74, 6) is 0.836. The van der Waals surface area contributed by atoms with Crippen LogP contribution in [0.1, 0.15) is 0 Å². The van der Waals surface area contributed by atoms with E-state index >= 15 is 0 Å². The van der Waals surface area contributed by atoms with Crippen LogP contribution in [-0.4, -0.2) is 29.0 Å². The Morgan fingerprint density at radius 2 is 1.85 bits per heavy atom. The Bertz CT molecular complexity index is 1400. The van der Waals surface area contributed by atoms with Gasteiger partial charge in [-0.2, -0.15) is 5.10 Å².